The number of nitrogens with zero attached hydrogens (tertiary/aromatic N) is 2. The lowest BCUT2D eigenvalue weighted by Gasteiger charge is -2.33. The Morgan fingerprint density at radius 3 is 1.00 bits per heavy atom. The van der Waals surface area contributed by atoms with Crippen LogP contribution in [-0.4, -0.2) is 0 Å². The third kappa shape index (κ3) is 8.12. The van der Waals surface area contributed by atoms with Crippen molar-refractivity contribution in [2.24, 2.45) is 0 Å². The molecule has 0 N–H and O–H groups in total. The first-order chi connectivity index (χ1) is 23.8. The third-order valence-electron chi connectivity index (χ3n) is 10.6. The number of hydrogen-bond acceptors (Lipinski definition) is 2. The lowest BCUT2D eigenvalue weighted by molar-refractivity contribution is 0.473. The molecular weight excluding hydrogens is 617 g/mol. The zero-order valence-corrected chi connectivity index (χ0v) is 34.0. The van der Waals surface area contributed by atoms with E-state index in [-0.39, 0.29) is 16.2 Å². The predicted octanol–water partition coefficient (Wildman–Crippen LogP) is 14.8. The average molecular weight is 679 g/mol. The highest BCUT2D eigenvalue weighted by molar-refractivity contribution is 5.85. The Hall–Kier alpha value is -4.30. The van der Waals surface area contributed by atoms with E-state index >= 15 is 0 Å². The summed E-state index contributed by atoms with van der Waals surface area (Å²) in [5, 5.41) is 0. The highest BCUT2D eigenvalue weighted by Gasteiger charge is 2.25. The van der Waals surface area contributed by atoms with Crippen LogP contribution in [0.25, 0.3) is 0 Å². The van der Waals surface area contributed by atoms with Gasteiger partial charge in [0.1, 0.15) is 0 Å². The van der Waals surface area contributed by atoms with Crippen LogP contribution in [-0.2, 0) is 16.2 Å². The summed E-state index contributed by atoms with van der Waals surface area (Å²) in [5.41, 5.74) is 17.9. The van der Waals surface area contributed by atoms with E-state index in [0.29, 0.717) is 0 Å². The SMILES string of the molecule is CCCC(C)(C)c1ccc(N(c2ccc(N(c3ccc(C)cc3)c3c(C)cc(C(C)(C)C)cc3C)cc2)c2c(C)cc(C(C)(C)C)cc2C)cc1. The highest BCUT2D eigenvalue weighted by Crippen LogP contribution is 2.45. The van der Waals surface area contributed by atoms with Crippen LogP contribution >= 0.6 is 0 Å². The first kappa shape index (κ1) is 37.9. The molecule has 0 unspecified atom stereocenters. The van der Waals surface area contributed by atoms with Gasteiger partial charge in [-0.2, -0.15) is 0 Å². The van der Waals surface area contributed by atoms with Crippen molar-refractivity contribution < 1.29 is 0 Å². The second-order valence-corrected chi connectivity index (χ2v) is 17.6. The molecule has 0 aromatic heterocycles. The van der Waals surface area contributed by atoms with Crippen LogP contribution in [0.15, 0.2) is 97.1 Å². The van der Waals surface area contributed by atoms with Crippen molar-refractivity contribution in [3.05, 3.63) is 142 Å². The number of hydrogen-bond donors (Lipinski definition) is 0. The Kier molecular flexibility index (Phi) is 10.7. The fourth-order valence-electron chi connectivity index (χ4n) is 7.57. The molecule has 51 heavy (non-hydrogen) atoms. The maximum atomic E-state index is 2.46. The number of benzene rings is 5. The zero-order chi connectivity index (χ0) is 37.5. The van der Waals surface area contributed by atoms with E-state index in [1.54, 1.807) is 0 Å². The fourth-order valence-corrected chi connectivity index (χ4v) is 7.57. The van der Waals surface area contributed by atoms with Gasteiger partial charge in [0.2, 0.25) is 0 Å². The standard InChI is InChI=1S/C49H62N2/c1-15-28-49(13,14)38-18-22-42(23-19-38)51(46-36(5)31-40(32-37(46)6)48(10,11)12)44-26-24-43(25-27-44)50(41-20-16-33(2)17-21-41)45-34(3)29-39(30-35(45)4)47(7,8)9/h16-27,29-32H,15,28H2,1-14H3. The van der Waals surface area contributed by atoms with Gasteiger partial charge in [0.25, 0.3) is 0 Å². The van der Waals surface area contributed by atoms with Gasteiger partial charge >= 0.3 is 0 Å². The van der Waals surface area contributed by atoms with Crippen molar-refractivity contribution in [2.75, 3.05) is 9.80 Å². The zero-order valence-electron chi connectivity index (χ0n) is 34.0. The molecule has 0 aliphatic carbocycles. The summed E-state index contributed by atoms with van der Waals surface area (Å²) in [6.07, 6.45) is 2.34. The summed E-state index contributed by atoms with van der Waals surface area (Å²) in [6, 6.07) is 36.9. The van der Waals surface area contributed by atoms with Crippen LogP contribution in [0.5, 0.6) is 0 Å². The molecular formula is C49H62N2. The molecule has 5 aromatic carbocycles. The number of aryl methyl sites for hydroxylation is 5. The Balaban J connectivity index is 1.68. The van der Waals surface area contributed by atoms with Gasteiger partial charge in [0, 0.05) is 22.7 Å². The predicted molar refractivity (Wildman–Crippen MR) is 225 cm³/mol. The molecule has 0 aliphatic heterocycles. The molecule has 2 heteroatoms. The van der Waals surface area contributed by atoms with Gasteiger partial charge < -0.3 is 9.80 Å². The molecule has 0 saturated carbocycles. The Labute approximate surface area is 310 Å². The first-order valence-electron chi connectivity index (χ1n) is 18.9. The molecule has 0 atom stereocenters. The highest BCUT2D eigenvalue weighted by atomic mass is 15.2. The van der Waals surface area contributed by atoms with Gasteiger partial charge in [-0.3, -0.25) is 0 Å². The molecule has 5 aromatic rings. The van der Waals surface area contributed by atoms with Crippen LogP contribution in [0.1, 0.15) is 120 Å². The van der Waals surface area contributed by atoms with E-state index < -0.39 is 0 Å². The van der Waals surface area contributed by atoms with Gasteiger partial charge in [-0.1, -0.05) is 123 Å². The summed E-state index contributed by atoms with van der Waals surface area (Å²) in [5.74, 6) is 0. The maximum absolute atomic E-state index is 2.46. The van der Waals surface area contributed by atoms with E-state index in [1.807, 2.05) is 0 Å². The minimum Gasteiger partial charge on any atom is -0.310 e. The summed E-state index contributed by atoms with van der Waals surface area (Å²) in [6.45, 7) is 32.0. The maximum Gasteiger partial charge on any atom is 0.0520 e. The minimum absolute atomic E-state index is 0.0772. The van der Waals surface area contributed by atoms with Crippen LogP contribution in [0.3, 0.4) is 0 Å². The topological polar surface area (TPSA) is 6.48 Å². The molecule has 0 saturated heterocycles. The van der Waals surface area contributed by atoms with Crippen molar-refractivity contribution >= 4 is 34.1 Å². The van der Waals surface area contributed by atoms with Crippen molar-refractivity contribution in [2.45, 2.75) is 126 Å². The number of rotatable bonds is 9. The molecule has 0 amide bonds. The molecule has 0 bridgehead atoms. The Morgan fingerprint density at radius 2 is 0.706 bits per heavy atom. The Morgan fingerprint density at radius 1 is 0.412 bits per heavy atom. The van der Waals surface area contributed by atoms with Crippen LogP contribution in [0.4, 0.5) is 34.1 Å². The molecule has 5 rings (SSSR count). The van der Waals surface area contributed by atoms with Crippen LogP contribution < -0.4 is 9.80 Å². The molecule has 0 aliphatic rings. The quantitative estimate of drug-likeness (QED) is 0.153. The van der Waals surface area contributed by atoms with E-state index in [4.69, 9.17) is 0 Å². The summed E-state index contributed by atoms with van der Waals surface area (Å²) < 4.78 is 0. The molecule has 0 fully saturated rings. The average Bonchev–Trinajstić information content (AvgIpc) is 3.04. The van der Waals surface area contributed by atoms with Gasteiger partial charge in [-0.25, -0.2) is 0 Å². The second-order valence-electron chi connectivity index (χ2n) is 17.6. The van der Waals surface area contributed by atoms with Gasteiger partial charge in [-0.05, 0) is 145 Å². The van der Waals surface area contributed by atoms with Crippen molar-refractivity contribution in [1.82, 2.24) is 0 Å². The van der Waals surface area contributed by atoms with Gasteiger partial charge in [0.15, 0.2) is 0 Å². The largest absolute Gasteiger partial charge is 0.310 e. The third-order valence-corrected chi connectivity index (χ3v) is 10.6. The van der Waals surface area contributed by atoms with Gasteiger partial charge in [0.05, 0.1) is 11.4 Å². The lowest BCUT2D eigenvalue weighted by Crippen LogP contribution is -2.18. The van der Waals surface area contributed by atoms with Crippen molar-refractivity contribution in [3.63, 3.8) is 0 Å². The van der Waals surface area contributed by atoms with Crippen molar-refractivity contribution in [1.29, 1.82) is 0 Å². The van der Waals surface area contributed by atoms with Crippen LogP contribution in [0, 0.1) is 34.6 Å². The lowest BCUT2D eigenvalue weighted by atomic mass is 9.80. The van der Waals surface area contributed by atoms with E-state index in [2.05, 4.69) is 204 Å². The summed E-state index contributed by atoms with van der Waals surface area (Å²) in [7, 11) is 0. The smallest absolute Gasteiger partial charge is 0.0520 e. The van der Waals surface area contributed by atoms with Crippen LogP contribution in [0.2, 0.25) is 0 Å². The molecule has 0 spiro atoms. The number of anilines is 6. The van der Waals surface area contributed by atoms with E-state index in [0.717, 1.165) is 17.1 Å². The monoisotopic (exact) mass is 678 g/mol. The minimum atomic E-state index is 0.0772. The normalized spacial score (nSPS) is 12.3. The second kappa shape index (κ2) is 14.4. The first-order valence-corrected chi connectivity index (χ1v) is 18.9. The van der Waals surface area contributed by atoms with E-state index in [1.165, 1.54) is 74.4 Å². The molecule has 0 heterocycles. The van der Waals surface area contributed by atoms with E-state index in [9.17, 15) is 0 Å². The molecule has 0 radical (unpaired) electrons. The summed E-state index contributed by atoms with van der Waals surface area (Å²) in [4.78, 5) is 4.90. The molecule has 268 valence electrons. The Bertz CT molecular complexity index is 1920. The fraction of sp³-hybridized carbons (Fsp3) is 0.388. The molecule has 2 nitrogen and oxygen atoms in total. The van der Waals surface area contributed by atoms with Gasteiger partial charge in [-0.15, -0.1) is 0 Å². The van der Waals surface area contributed by atoms with Crippen molar-refractivity contribution in [3.8, 4) is 0 Å². The summed E-state index contributed by atoms with van der Waals surface area (Å²) >= 11 is 0.